The highest BCUT2D eigenvalue weighted by molar-refractivity contribution is 5.30. The molecule has 0 spiro atoms. The Morgan fingerprint density at radius 2 is 2.18 bits per heavy atom. The Morgan fingerprint density at radius 3 is 2.55 bits per heavy atom. The van der Waals surface area contributed by atoms with Crippen LogP contribution >= 0.6 is 0 Å². The summed E-state index contributed by atoms with van der Waals surface area (Å²) in [6, 6.07) is 0.170. The number of H-pyrrole nitrogens is 1. The van der Waals surface area contributed by atoms with Crippen LogP contribution in [0.15, 0.2) is 6.20 Å². The summed E-state index contributed by atoms with van der Waals surface area (Å²) in [6.45, 7) is 6.30. The van der Waals surface area contributed by atoms with Gasteiger partial charge >= 0.3 is 0 Å². The molecule has 2 nitrogen and oxygen atoms in total. The van der Waals surface area contributed by atoms with E-state index in [1.807, 2.05) is 6.20 Å². The second-order valence-electron chi connectivity index (χ2n) is 3.03. The lowest BCUT2D eigenvalue weighted by atomic mass is 10.1. The van der Waals surface area contributed by atoms with Gasteiger partial charge in [0.05, 0.1) is 0 Å². The fourth-order valence-corrected chi connectivity index (χ4v) is 1.20. The van der Waals surface area contributed by atoms with E-state index in [1.165, 1.54) is 16.8 Å². The number of hydrogen-bond donors (Lipinski definition) is 2. The Balaban J connectivity index is 2.94. The molecule has 1 atom stereocenters. The van der Waals surface area contributed by atoms with Gasteiger partial charge in [0.2, 0.25) is 0 Å². The summed E-state index contributed by atoms with van der Waals surface area (Å²) >= 11 is 0. The summed E-state index contributed by atoms with van der Waals surface area (Å²) in [6.07, 6.45) is 3.00. The molecule has 3 N–H and O–H groups in total. The van der Waals surface area contributed by atoms with Gasteiger partial charge in [0.1, 0.15) is 0 Å². The average molecular weight is 152 g/mol. The normalized spacial score (nSPS) is 13.5. The second kappa shape index (κ2) is 3.09. The Morgan fingerprint density at radius 1 is 1.55 bits per heavy atom. The van der Waals surface area contributed by atoms with Gasteiger partial charge in [-0.25, -0.2) is 0 Å². The van der Waals surface area contributed by atoms with Crippen molar-refractivity contribution < 1.29 is 0 Å². The molecule has 0 unspecified atom stereocenters. The number of aryl methyl sites for hydroxylation is 1. The van der Waals surface area contributed by atoms with Crippen molar-refractivity contribution in [3.8, 4) is 0 Å². The van der Waals surface area contributed by atoms with E-state index in [9.17, 15) is 0 Å². The highest BCUT2D eigenvalue weighted by Crippen LogP contribution is 2.18. The van der Waals surface area contributed by atoms with Gasteiger partial charge in [-0.05, 0) is 31.4 Å². The number of hydrogen-bond acceptors (Lipinski definition) is 1. The first kappa shape index (κ1) is 8.34. The third-order valence-electron chi connectivity index (χ3n) is 2.25. The fourth-order valence-electron chi connectivity index (χ4n) is 1.20. The van der Waals surface area contributed by atoms with Crippen LogP contribution in [-0.2, 0) is 0 Å². The largest absolute Gasteiger partial charge is 0.363 e. The van der Waals surface area contributed by atoms with Crippen LogP contribution in [0.5, 0.6) is 0 Å². The molecule has 0 saturated carbocycles. The van der Waals surface area contributed by atoms with Crippen LogP contribution in [0.2, 0.25) is 0 Å². The molecule has 1 heterocycles. The molecule has 2 heteroatoms. The van der Waals surface area contributed by atoms with Crippen molar-refractivity contribution in [3.05, 3.63) is 23.0 Å². The van der Waals surface area contributed by atoms with Crippen molar-refractivity contribution in [1.82, 2.24) is 4.98 Å². The van der Waals surface area contributed by atoms with Gasteiger partial charge in [0, 0.05) is 17.9 Å². The van der Waals surface area contributed by atoms with E-state index in [-0.39, 0.29) is 6.04 Å². The van der Waals surface area contributed by atoms with E-state index < -0.39 is 0 Å². The number of nitrogens with two attached hydrogens (primary N) is 1. The maximum absolute atomic E-state index is 5.88. The summed E-state index contributed by atoms with van der Waals surface area (Å²) in [5, 5.41) is 0. The molecule has 11 heavy (non-hydrogen) atoms. The van der Waals surface area contributed by atoms with Gasteiger partial charge < -0.3 is 10.7 Å². The van der Waals surface area contributed by atoms with Crippen molar-refractivity contribution in [3.63, 3.8) is 0 Å². The van der Waals surface area contributed by atoms with Gasteiger partial charge in [0.15, 0.2) is 0 Å². The van der Waals surface area contributed by atoms with Crippen LogP contribution < -0.4 is 5.73 Å². The minimum absolute atomic E-state index is 0.170. The Labute approximate surface area is 67.8 Å². The van der Waals surface area contributed by atoms with E-state index in [2.05, 4.69) is 25.8 Å². The smallest absolute Gasteiger partial charge is 0.0447 e. The van der Waals surface area contributed by atoms with E-state index in [4.69, 9.17) is 5.73 Å². The molecule has 0 aliphatic carbocycles. The second-order valence-corrected chi connectivity index (χ2v) is 3.03. The lowest BCUT2D eigenvalue weighted by molar-refractivity contribution is 0.675. The highest BCUT2D eigenvalue weighted by Gasteiger charge is 2.08. The van der Waals surface area contributed by atoms with Crippen molar-refractivity contribution in [2.75, 3.05) is 0 Å². The predicted molar refractivity (Wildman–Crippen MR) is 47.5 cm³/mol. The Kier molecular flexibility index (Phi) is 2.35. The zero-order valence-corrected chi connectivity index (χ0v) is 7.44. The third-order valence-corrected chi connectivity index (χ3v) is 2.25. The predicted octanol–water partition coefficient (Wildman–Crippen LogP) is 2.04. The summed E-state index contributed by atoms with van der Waals surface area (Å²) in [7, 11) is 0. The van der Waals surface area contributed by atoms with E-state index in [0.29, 0.717) is 0 Å². The van der Waals surface area contributed by atoms with Gasteiger partial charge in [-0.3, -0.25) is 0 Å². The molecular weight excluding hydrogens is 136 g/mol. The lowest BCUT2D eigenvalue weighted by Gasteiger charge is -2.07. The van der Waals surface area contributed by atoms with Gasteiger partial charge in [-0.15, -0.1) is 0 Å². The van der Waals surface area contributed by atoms with E-state index >= 15 is 0 Å². The molecule has 0 aliphatic heterocycles. The van der Waals surface area contributed by atoms with Crippen molar-refractivity contribution in [1.29, 1.82) is 0 Å². The summed E-state index contributed by atoms with van der Waals surface area (Å²) in [5.74, 6) is 0. The maximum atomic E-state index is 5.88. The zero-order chi connectivity index (χ0) is 8.43. The topological polar surface area (TPSA) is 41.8 Å². The molecule has 0 aliphatic rings. The summed E-state index contributed by atoms with van der Waals surface area (Å²) in [4.78, 5) is 3.20. The maximum Gasteiger partial charge on any atom is 0.0447 e. The molecule has 1 rings (SSSR count). The number of rotatable bonds is 2. The molecule has 0 radical (unpaired) electrons. The minimum atomic E-state index is 0.170. The molecule has 0 saturated heterocycles. The highest BCUT2D eigenvalue weighted by atomic mass is 14.8. The first-order valence-corrected chi connectivity index (χ1v) is 4.06. The van der Waals surface area contributed by atoms with Crippen LogP contribution in [0.4, 0.5) is 0 Å². The molecule has 62 valence electrons. The third kappa shape index (κ3) is 1.46. The summed E-state index contributed by atoms with van der Waals surface area (Å²) < 4.78 is 0. The minimum Gasteiger partial charge on any atom is -0.363 e. The molecule has 0 bridgehead atoms. The first-order valence-electron chi connectivity index (χ1n) is 4.06. The molecular formula is C9H16N2. The number of aromatic nitrogens is 1. The van der Waals surface area contributed by atoms with Crippen LogP contribution in [0, 0.1) is 13.8 Å². The average Bonchev–Trinajstić information content (AvgIpc) is 2.32. The number of nitrogens with one attached hydrogen (secondary N) is 1. The van der Waals surface area contributed by atoms with E-state index in [0.717, 1.165) is 6.42 Å². The first-order chi connectivity index (χ1) is 5.16. The van der Waals surface area contributed by atoms with Gasteiger partial charge in [-0.1, -0.05) is 6.92 Å². The monoisotopic (exact) mass is 152 g/mol. The van der Waals surface area contributed by atoms with Crippen molar-refractivity contribution in [2.24, 2.45) is 5.73 Å². The zero-order valence-electron chi connectivity index (χ0n) is 7.44. The van der Waals surface area contributed by atoms with Crippen LogP contribution in [0.1, 0.15) is 36.2 Å². The summed E-state index contributed by atoms with van der Waals surface area (Å²) in [5.41, 5.74) is 9.66. The molecule has 1 aromatic rings. The SMILES string of the molecule is CC[C@@H](N)c1[nH]cc(C)c1C. The fraction of sp³-hybridized carbons (Fsp3) is 0.556. The van der Waals surface area contributed by atoms with Crippen LogP contribution in [-0.4, -0.2) is 4.98 Å². The number of aromatic amines is 1. The van der Waals surface area contributed by atoms with Crippen LogP contribution in [0.3, 0.4) is 0 Å². The Bertz CT molecular complexity index is 238. The van der Waals surface area contributed by atoms with E-state index in [1.54, 1.807) is 0 Å². The van der Waals surface area contributed by atoms with Crippen LogP contribution in [0.25, 0.3) is 0 Å². The Hall–Kier alpha value is -0.760. The molecule has 0 amide bonds. The standard InChI is InChI=1S/C9H16N2/c1-4-8(10)9-7(3)6(2)5-11-9/h5,8,11H,4,10H2,1-3H3/t8-/m1/s1. The molecule has 0 fully saturated rings. The van der Waals surface area contributed by atoms with Gasteiger partial charge in [0.25, 0.3) is 0 Å². The molecule has 0 aromatic carbocycles. The quantitative estimate of drug-likeness (QED) is 0.669. The van der Waals surface area contributed by atoms with Crippen molar-refractivity contribution >= 4 is 0 Å². The van der Waals surface area contributed by atoms with Crippen molar-refractivity contribution in [2.45, 2.75) is 33.2 Å². The van der Waals surface area contributed by atoms with Gasteiger partial charge in [-0.2, -0.15) is 0 Å². The lowest BCUT2D eigenvalue weighted by Crippen LogP contribution is -2.10. The molecule has 1 aromatic heterocycles.